The summed E-state index contributed by atoms with van der Waals surface area (Å²) in [6.45, 7) is 3.31. The van der Waals surface area contributed by atoms with Gasteiger partial charge in [0.05, 0.1) is 7.11 Å². The lowest BCUT2D eigenvalue weighted by Gasteiger charge is -2.13. The monoisotopic (exact) mass is 421 g/mol. The van der Waals surface area contributed by atoms with Crippen LogP contribution in [0.15, 0.2) is 63.8 Å². The Labute approximate surface area is 179 Å². The van der Waals surface area contributed by atoms with E-state index in [-0.39, 0.29) is 6.61 Å². The summed E-state index contributed by atoms with van der Waals surface area (Å²) in [5.74, 6) is -0.321. The molecule has 0 fully saturated rings. The smallest absolute Gasteiger partial charge is 0.336 e. The Morgan fingerprint density at radius 1 is 1.13 bits per heavy atom. The van der Waals surface area contributed by atoms with E-state index < -0.39 is 23.5 Å². The fourth-order valence-corrected chi connectivity index (χ4v) is 2.94. The molecule has 1 aromatic heterocycles. The van der Waals surface area contributed by atoms with Crippen LogP contribution >= 0.6 is 0 Å². The molecule has 0 aliphatic rings. The summed E-state index contributed by atoms with van der Waals surface area (Å²) in [5.41, 5.74) is 2.22. The van der Waals surface area contributed by atoms with E-state index in [9.17, 15) is 14.4 Å². The highest BCUT2D eigenvalue weighted by Gasteiger charge is 2.17. The highest BCUT2D eigenvalue weighted by molar-refractivity contribution is 5.94. The average molecular weight is 421 g/mol. The molecule has 31 heavy (non-hydrogen) atoms. The maximum Gasteiger partial charge on any atom is 0.336 e. The van der Waals surface area contributed by atoms with Gasteiger partial charge in [-0.15, -0.1) is 0 Å². The van der Waals surface area contributed by atoms with Crippen LogP contribution in [0.5, 0.6) is 5.75 Å². The zero-order valence-electron chi connectivity index (χ0n) is 17.5. The van der Waals surface area contributed by atoms with Crippen molar-refractivity contribution in [2.45, 2.75) is 26.5 Å². The first kappa shape index (κ1) is 21.8. The Morgan fingerprint density at radius 2 is 1.87 bits per heavy atom. The van der Waals surface area contributed by atoms with E-state index in [4.69, 9.17) is 13.9 Å². The average Bonchev–Trinajstić information content (AvgIpc) is 2.75. The van der Waals surface area contributed by atoms with Crippen LogP contribution in [0.2, 0.25) is 0 Å². The number of ether oxygens (including phenoxy) is 2. The molecular formula is C24H23NO6. The van der Waals surface area contributed by atoms with Crippen LogP contribution in [0.4, 0.5) is 0 Å². The van der Waals surface area contributed by atoms with Crippen LogP contribution in [0.1, 0.15) is 23.6 Å². The van der Waals surface area contributed by atoms with E-state index in [2.05, 4.69) is 5.32 Å². The van der Waals surface area contributed by atoms with Crippen molar-refractivity contribution >= 4 is 28.9 Å². The lowest BCUT2D eigenvalue weighted by atomic mass is 10.1. The topological polar surface area (TPSA) is 94.8 Å². The minimum atomic E-state index is -0.860. The molecule has 3 rings (SSSR count). The standard InChI is InChI=1S/C24H23NO6/c1-15-4-10-20-18(13-23(27)31-21(20)12-15)14-30-24(28)16(2)25-22(26)11-7-17-5-8-19(29-3)9-6-17/h4-13,16H,14H2,1-3H3,(H,25,26)/b11-7+/t16-/m1/s1. The molecule has 7 heteroatoms. The van der Waals surface area contributed by atoms with Gasteiger partial charge in [-0.3, -0.25) is 4.79 Å². The summed E-state index contributed by atoms with van der Waals surface area (Å²) in [6, 6.07) is 13.1. The van der Waals surface area contributed by atoms with Crippen LogP contribution in [0.3, 0.4) is 0 Å². The number of hydrogen-bond donors (Lipinski definition) is 1. The van der Waals surface area contributed by atoms with E-state index in [1.807, 2.05) is 31.2 Å². The maximum atomic E-state index is 12.3. The van der Waals surface area contributed by atoms with Gasteiger partial charge in [-0.2, -0.15) is 0 Å². The molecule has 0 aliphatic carbocycles. The summed E-state index contributed by atoms with van der Waals surface area (Å²) < 4.78 is 15.6. The third-order valence-electron chi connectivity index (χ3n) is 4.61. The maximum absolute atomic E-state index is 12.3. The molecule has 2 aromatic carbocycles. The van der Waals surface area contributed by atoms with Crippen LogP contribution in [0, 0.1) is 6.92 Å². The van der Waals surface area contributed by atoms with Gasteiger partial charge in [-0.1, -0.05) is 24.3 Å². The first-order chi connectivity index (χ1) is 14.9. The van der Waals surface area contributed by atoms with Crippen LogP contribution in [-0.2, 0) is 20.9 Å². The van der Waals surface area contributed by atoms with Crippen molar-refractivity contribution in [2.24, 2.45) is 0 Å². The summed E-state index contributed by atoms with van der Waals surface area (Å²) >= 11 is 0. The van der Waals surface area contributed by atoms with Crippen LogP contribution in [-0.4, -0.2) is 25.0 Å². The molecule has 1 atom stereocenters. The third-order valence-corrected chi connectivity index (χ3v) is 4.61. The molecule has 1 N–H and O–H groups in total. The van der Waals surface area contributed by atoms with Crippen LogP contribution in [0.25, 0.3) is 17.0 Å². The third kappa shape index (κ3) is 5.82. The number of amides is 1. The lowest BCUT2D eigenvalue weighted by molar-refractivity contribution is -0.148. The molecule has 0 unspecified atom stereocenters. The summed E-state index contributed by atoms with van der Waals surface area (Å²) in [7, 11) is 1.58. The van der Waals surface area contributed by atoms with Crippen molar-refractivity contribution in [1.82, 2.24) is 5.32 Å². The number of carbonyl (C=O) groups is 2. The summed E-state index contributed by atoms with van der Waals surface area (Å²) in [6.07, 6.45) is 2.97. The van der Waals surface area contributed by atoms with Crippen molar-refractivity contribution in [3.8, 4) is 5.75 Å². The number of hydrogen-bond acceptors (Lipinski definition) is 6. The Kier molecular flexibility index (Phi) is 6.87. The van der Waals surface area contributed by atoms with Crippen molar-refractivity contribution < 1.29 is 23.5 Å². The molecule has 0 aliphatic heterocycles. The van der Waals surface area contributed by atoms with Crippen LogP contribution < -0.4 is 15.7 Å². The number of fused-ring (bicyclic) bond motifs is 1. The largest absolute Gasteiger partial charge is 0.497 e. The second kappa shape index (κ2) is 9.75. The second-order valence-electron chi connectivity index (χ2n) is 7.03. The van der Waals surface area contributed by atoms with Gasteiger partial charge in [0, 0.05) is 23.1 Å². The Balaban J connectivity index is 1.58. The molecule has 160 valence electrons. The van der Waals surface area contributed by atoms with Crippen molar-refractivity contribution in [1.29, 1.82) is 0 Å². The number of nitrogens with one attached hydrogen (secondary N) is 1. The van der Waals surface area contributed by atoms with Gasteiger partial charge < -0.3 is 19.2 Å². The van der Waals surface area contributed by atoms with Gasteiger partial charge in [-0.05, 0) is 49.2 Å². The summed E-state index contributed by atoms with van der Waals surface area (Å²) in [4.78, 5) is 36.2. The Hall–Kier alpha value is -3.87. The second-order valence-corrected chi connectivity index (χ2v) is 7.03. The Bertz CT molecular complexity index is 1180. The molecule has 0 bridgehead atoms. The van der Waals surface area contributed by atoms with Gasteiger partial charge in [-0.25, -0.2) is 9.59 Å². The van der Waals surface area contributed by atoms with E-state index in [0.29, 0.717) is 16.5 Å². The number of aryl methyl sites for hydroxylation is 1. The lowest BCUT2D eigenvalue weighted by Crippen LogP contribution is -2.38. The molecule has 0 spiro atoms. The first-order valence-electron chi connectivity index (χ1n) is 9.68. The molecule has 1 heterocycles. The zero-order chi connectivity index (χ0) is 22.4. The molecule has 0 saturated heterocycles. The van der Waals surface area contributed by atoms with Gasteiger partial charge in [0.1, 0.15) is 24.0 Å². The Morgan fingerprint density at radius 3 is 2.58 bits per heavy atom. The van der Waals surface area contributed by atoms with E-state index in [0.717, 1.165) is 16.9 Å². The minimum absolute atomic E-state index is 0.105. The SMILES string of the molecule is COc1ccc(/C=C/C(=O)N[C@H](C)C(=O)OCc2cc(=O)oc3cc(C)ccc23)cc1. The first-order valence-corrected chi connectivity index (χ1v) is 9.68. The fourth-order valence-electron chi connectivity index (χ4n) is 2.94. The van der Waals surface area contributed by atoms with E-state index >= 15 is 0 Å². The predicted octanol–water partition coefficient (Wildman–Crippen LogP) is 3.37. The molecular weight excluding hydrogens is 398 g/mol. The van der Waals surface area contributed by atoms with Gasteiger partial charge >= 0.3 is 11.6 Å². The van der Waals surface area contributed by atoms with Crippen molar-refractivity contribution in [3.63, 3.8) is 0 Å². The number of rotatable bonds is 7. The molecule has 7 nitrogen and oxygen atoms in total. The molecule has 0 radical (unpaired) electrons. The number of benzene rings is 2. The highest BCUT2D eigenvalue weighted by atomic mass is 16.5. The predicted molar refractivity (Wildman–Crippen MR) is 117 cm³/mol. The fraction of sp³-hybridized carbons (Fsp3) is 0.208. The minimum Gasteiger partial charge on any atom is -0.497 e. The molecule has 1 amide bonds. The summed E-state index contributed by atoms with van der Waals surface area (Å²) in [5, 5.41) is 3.25. The highest BCUT2D eigenvalue weighted by Crippen LogP contribution is 2.19. The van der Waals surface area contributed by atoms with Crippen molar-refractivity contribution in [2.75, 3.05) is 7.11 Å². The van der Waals surface area contributed by atoms with E-state index in [1.165, 1.54) is 19.1 Å². The van der Waals surface area contributed by atoms with Gasteiger partial charge in [0.15, 0.2) is 0 Å². The number of carbonyl (C=O) groups excluding carboxylic acids is 2. The van der Waals surface area contributed by atoms with Gasteiger partial charge in [0.2, 0.25) is 5.91 Å². The molecule has 0 saturated carbocycles. The quantitative estimate of drug-likeness (QED) is 0.357. The molecule has 3 aromatic rings. The normalized spacial score (nSPS) is 12.0. The number of methoxy groups -OCH3 is 1. The number of esters is 1. The van der Waals surface area contributed by atoms with Crippen molar-refractivity contribution in [3.05, 3.63) is 81.7 Å². The zero-order valence-corrected chi connectivity index (χ0v) is 17.5. The van der Waals surface area contributed by atoms with E-state index in [1.54, 1.807) is 31.4 Å². The van der Waals surface area contributed by atoms with Gasteiger partial charge in [0.25, 0.3) is 0 Å².